The van der Waals surface area contributed by atoms with Gasteiger partial charge in [0.15, 0.2) is 0 Å². The largest absolute Gasteiger partial charge is 0.375 e. The fourth-order valence-electron chi connectivity index (χ4n) is 5.20. The fourth-order valence-corrected chi connectivity index (χ4v) is 5.53. The maximum atomic E-state index is 13.6. The van der Waals surface area contributed by atoms with Crippen LogP contribution in [0.15, 0.2) is 46.6 Å². The average Bonchev–Trinajstić information content (AvgIpc) is 2.83. The minimum Gasteiger partial charge on any atom is -0.375 e. The van der Waals surface area contributed by atoms with Crippen LogP contribution in [0.3, 0.4) is 0 Å². The Kier molecular flexibility index (Phi) is 6.90. The van der Waals surface area contributed by atoms with Crippen molar-refractivity contribution in [2.75, 3.05) is 5.32 Å². The number of aromatic nitrogens is 5. The van der Waals surface area contributed by atoms with E-state index in [0.717, 1.165) is 35.2 Å². The first kappa shape index (κ1) is 24.6. The van der Waals surface area contributed by atoms with Crippen molar-refractivity contribution in [2.45, 2.75) is 77.7 Å². The Morgan fingerprint density at radius 3 is 2.64 bits per heavy atom. The Labute approximate surface area is 215 Å². The molecule has 2 unspecified atom stereocenters. The van der Waals surface area contributed by atoms with E-state index in [0.29, 0.717) is 35.2 Å². The molecule has 8 nitrogen and oxygen atoms in total. The van der Waals surface area contributed by atoms with Crippen molar-refractivity contribution in [3.8, 4) is 0 Å². The Balaban J connectivity index is 1.46. The lowest BCUT2D eigenvalue weighted by Gasteiger charge is -2.32. The van der Waals surface area contributed by atoms with E-state index in [9.17, 15) is 4.79 Å². The molecule has 0 aromatic carbocycles. The molecule has 1 aliphatic carbocycles. The molecule has 0 bridgehead atoms. The summed E-state index contributed by atoms with van der Waals surface area (Å²) in [6, 6.07) is 2.07. The third-order valence-corrected chi connectivity index (χ3v) is 7.13. The highest BCUT2D eigenvalue weighted by Crippen LogP contribution is 2.36. The Hall–Kier alpha value is -3.10. The monoisotopic (exact) mass is 506 g/mol. The van der Waals surface area contributed by atoms with Gasteiger partial charge in [0.1, 0.15) is 5.65 Å². The number of ether oxygens (including phenoxy) is 1. The van der Waals surface area contributed by atoms with Gasteiger partial charge in [-0.1, -0.05) is 23.8 Å². The molecule has 4 atom stereocenters. The number of hydrogen-bond acceptors (Lipinski definition) is 7. The van der Waals surface area contributed by atoms with E-state index < -0.39 is 0 Å². The van der Waals surface area contributed by atoms with Crippen LogP contribution in [0.1, 0.15) is 62.9 Å². The standard InChI is InChI=1S/C27H31ClN6O2/c1-5-34-25-19(13-30-27(33-25)32-20-8-16(3)36-17(4)9-20)10-22(26(34)35)21-7-6-18(11-23(21)28)24-14-29-12-15(2)31-24/h7,10-14,16-18,20H,5-6,8-9H2,1-4H3,(H,30,32,33)/t16-,17+,18?,20?. The SMILES string of the molecule is CCn1c(=O)c(C2=CCC(c3cncc(C)n3)C=C2Cl)cc2cnc(NC3C[C@@H](C)O[C@@H](C)C3)nc21. The molecule has 1 saturated heterocycles. The second-order valence-electron chi connectivity index (χ2n) is 9.71. The molecule has 0 spiro atoms. The minimum absolute atomic E-state index is 0.0232. The minimum atomic E-state index is -0.116. The van der Waals surface area contributed by atoms with Crippen LogP contribution in [-0.4, -0.2) is 42.8 Å². The van der Waals surface area contributed by atoms with Gasteiger partial charge in [0.25, 0.3) is 5.56 Å². The van der Waals surface area contributed by atoms with E-state index in [4.69, 9.17) is 21.3 Å². The van der Waals surface area contributed by atoms with E-state index in [1.807, 2.05) is 32.1 Å². The molecule has 3 aromatic rings. The van der Waals surface area contributed by atoms with Crippen molar-refractivity contribution in [3.05, 3.63) is 69.1 Å². The number of hydrogen-bond donors (Lipinski definition) is 1. The second kappa shape index (κ2) is 10.1. The predicted octanol–water partition coefficient (Wildman–Crippen LogP) is 4.97. The van der Waals surface area contributed by atoms with Gasteiger partial charge < -0.3 is 10.1 Å². The van der Waals surface area contributed by atoms with Gasteiger partial charge in [-0.15, -0.1) is 0 Å². The molecular formula is C27H31ClN6O2. The highest BCUT2D eigenvalue weighted by Gasteiger charge is 2.26. The van der Waals surface area contributed by atoms with Gasteiger partial charge in [0.2, 0.25) is 5.95 Å². The number of allylic oxidation sites excluding steroid dienone is 4. The van der Waals surface area contributed by atoms with E-state index in [1.165, 1.54) is 0 Å². The number of aryl methyl sites for hydroxylation is 2. The Bertz CT molecular complexity index is 1410. The van der Waals surface area contributed by atoms with E-state index >= 15 is 0 Å². The van der Waals surface area contributed by atoms with Crippen LogP contribution in [0.4, 0.5) is 5.95 Å². The Morgan fingerprint density at radius 1 is 1.17 bits per heavy atom. The zero-order valence-electron chi connectivity index (χ0n) is 21.0. The first-order chi connectivity index (χ1) is 17.3. The molecule has 9 heteroatoms. The first-order valence-corrected chi connectivity index (χ1v) is 12.9. The van der Waals surface area contributed by atoms with Crippen molar-refractivity contribution in [1.29, 1.82) is 0 Å². The number of nitrogens with zero attached hydrogens (tertiary/aromatic N) is 5. The van der Waals surface area contributed by atoms with Crippen molar-refractivity contribution >= 4 is 34.2 Å². The van der Waals surface area contributed by atoms with Crippen molar-refractivity contribution < 1.29 is 4.74 Å². The summed E-state index contributed by atoms with van der Waals surface area (Å²) in [6.45, 7) is 8.51. The molecule has 0 amide bonds. The third-order valence-electron chi connectivity index (χ3n) is 6.80. The average molecular weight is 507 g/mol. The summed E-state index contributed by atoms with van der Waals surface area (Å²) < 4.78 is 7.53. The lowest BCUT2D eigenvalue weighted by molar-refractivity contribution is -0.0338. The summed E-state index contributed by atoms with van der Waals surface area (Å²) in [6.07, 6.45) is 12.1. The van der Waals surface area contributed by atoms with E-state index in [2.05, 4.69) is 34.1 Å². The molecule has 1 aliphatic heterocycles. The fraction of sp³-hybridized carbons (Fsp3) is 0.444. The van der Waals surface area contributed by atoms with Crippen molar-refractivity contribution in [1.82, 2.24) is 24.5 Å². The highest BCUT2D eigenvalue weighted by atomic mass is 35.5. The van der Waals surface area contributed by atoms with Crippen LogP contribution in [0.5, 0.6) is 0 Å². The van der Waals surface area contributed by atoms with Crippen LogP contribution in [0, 0.1) is 6.92 Å². The maximum absolute atomic E-state index is 13.6. The molecule has 0 radical (unpaired) electrons. The van der Waals surface area contributed by atoms with Crippen LogP contribution >= 0.6 is 11.6 Å². The van der Waals surface area contributed by atoms with Gasteiger partial charge in [0.05, 0.1) is 23.6 Å². The number of anilines is 1. The van der Waals surface area contributed by atoms with E-state index in [1.54, 1.807) is 23.2 Å². The molecular weight excluding hydrogens is 476 g/mol. The van der Waals surface area contributed by atoms with Gasteiger partial charge in [-0.2, -0.15) is 4.98 Å². The summed E-state index contributed by atoms with van der Waals surface area (Å²) in [4.78, 5) is 31.7. The summed E-state index contributed by atoms with van der Waals surface area (Å²) in [5.74, 6) is 0.551. The normalized spacial score (nSPS) is 24.4. The van der Waals surface area contributed by atoms with E-state index in [-0.39, 0.29) is 29.7 Å². The summed E-state index contributed by atoms with van der Waals surface area (Å²) in [5, 5.41) is 4.78. The van der Waals surface area contributed by atoms with Gasteiger partial charge in [0, 0.05) is 58.7 Å². The molecule has 3 aromatic heterocycles. The van der Waals surface area contributed by atoms with Crippen molar-refractivity contribution in [3.63, 3.8) is 0 Å². The predicted molar refractivity (Wildman–Crippen MR) is 142 cm³/mol. The Morgan fingerprint density at radius 2 is 1.94 bits per heavy atom. The maximum Gasteiger partial charge on any atom is 0.260 e. The number of nitrogens with one attached hydrogen (secondary N) is 1. The summed E-state index contributed by atoms with van der Waals surface area (Å²) in [7, 11) is 0. The zero-order chi connectivity index (χ0) is 25.4. The van der Waals surface area contributed by atoms with Crippen LogP contribution in [0.2, 0.25) is 0 Å². The lowest BCUT2D eigenvalue weighted by Crippen LogP contribution is -2.37. The summed E-state index contributed by atoms with van der Waals surface area (Å²) in [5.41, 5.74) is 3.51. The molecule has 1 N–H and O–H groups in total. The quantitative estimate of drug-likeness (QED) is 0.522. The second-order valence-corrected chi connectivity index (χ2v) is 10.1. The van der Waals surface area contributed by atoms with Gasteiger partial charge >= 0.3 is 0 Å². The number of fused-ring (bicyclic) bond motifs is 1. The van der Waals surface area contributed by atoms with Crippen LogP contribution in [0.25, 0.3) is 16.6 Å². The van der Waals surface area contributed by atoms with Gasteiger partial charge in [-0.3, -0.25) is 19.3 Å². The molecule has 2 aliphatic rings. The molecule has 188 valence electrons. The molecule has 36 heavy (non-hydrogen) atoms. The van der Waals surface area contributed by atoms with Crippen LogP contribution < -0.4 is 10.9 Å². The topological polar surface area (TPSA) is 94.8 Å². The number of rotatable bonds is 5. The van der Waals surface area contributed by atoms with Crippen molar-refractivity contribution in [2.24, 2.45) is 0 Å². The number of pyridine rings is 1. The smallest absolute Gasteiger partial charge is 0.260 e. The first-order valence-electron chi connectivity index (χ1n) is 12.5. The third kappa shape index (κ3) is 4.92. The highest BCUT2D eigenvalue weighted by molar-refractivity contribution is 6.37. The molecule has 5 rings (SSSR count). The van der Waals surface area contributed by atoms with Crippen LogP contribution in [-0.2, 0) is 11.3 Å². The van der Waals surface area contributed by atoms with Gasteiger partial charge in [-0.05, 0) is 53.0 Å². The molecule has 1 fully saturated rings. The lowest BCUT2D eigenvalue weighted by atomic mass is 9.91. The van der Waals surface area contributed by atoms with Gasteiger partial charge in [-0.25, -0.2) is 4.98 Å². The molecule has 4 heterocycles. The molecule has 0 saturated carbocycles. The summed E-state index contributed by atoms with van der Waals surface area (Å²) >= 11 is 6.72. The number of halogens is 1. The zero-order valence-corrected chi connectivity index (χ0v) is 21.8.